The average Bonchev–Trinajstić information content (AvgIpc) is 2.52. The fraction of sp³-hybridized carbons (Fsp3) is 0.263. The Hall–Kier alpha value is -2.40. The van der Waals surface area contributed by atoms with Crippen LogP contribution in [-0.2, 0) is 14.0 Å². The molecule has 0 unspecified atom stereocenters. The monoisotopic (exact) mass is 341 g/mol. The molecular weight excluding hydrogens is 320 g/mol. The van der Waals surface area contributed by atoms with E-state index in [2.05, 4.69) is 0 Å². The molecule has 0 amide bonds. The third-order valence-electron chi connectivity index (χ3n) is 3.97. The summed E-state index contributed by atoms with van der Waals surface area (Å²) in [5, 5.41) is 12.3. The van der Waals surface area contributed by atoms with Gasteiger partial charge in [-0.2, -0.15) is 0 Å². The van der Waals surface area contributed by atoms with Crippen LogP contribution in [-0.4, -0.2) is 20.3 Å². The van der Waals surface area contributed by atoms with E-state index < -0.39 is 26.7 Å². The van der Waals surface area contributed by atoms with Crippen LogP contribution in [0.4, 0.5) is 0 Å². The third kappa shape index (κ3) is 3.57. The first-order chi connectivity index (χ1) is 11.3. The maximum atomic E-state index is 12.3. The Labute approximate surface area is 143 Å². The average molecular weight is 341 g/mol. The Morgan fingerprint density at radius 1 is 0.917 bits per heavy atom. The van der Waals surface area contributed by atoms with E-state index in [1.54, 1.807) is 0 Å². The van der Waals surface area contributed by atoms with Crippen molar-refractivity contribution in [3.05, 3.63) is 60.7 Å². The van der Waals surface area contributed by atoms with Gasteiger partial charge < -0.3 is 14.3 Å². The van der Waals surface area contributed by atoms with Gasteiger partial charge in [0.1, 0.15) is 0 Å². The number of benzene rings is 2. The van der Waals surface area contributed by atoms with E-state index in [0.717, 1.165) is 10.4 Å². The van der Waals surface area contributed by atoms with Crippen LogP contribution >= 0.6 is 0 Å². The molecule has 0 aliphatic rings. The maximum Gasteiger partial charge on any atom is 0.323 e. The number of carboxylic acids is 1. The molecule has 0 radical (unpaired) electrons. The second-order valence-corrected chi connectivity index (χ2v) is 10.9. The van der Waals surface area contributed by atoms with Crippen molar-refractivity contribution >= 4 is 30.6 Å². The van der Waals surface area contributed by atoms with Crippen LogP contribution in [0.25, 0.3) is 0 Å². The topological polar surface area (TPSA) is 66.4 Å². The van der Waals surface area contributed by atoms with Gasteiger partial charge in [0.2, 0.25) is 0 Å². The van der Waals surface area contributed by atoms with Gasteiger partial charge in [-0.15, -0.1) is 0 Å². The molecule has 2 rings (SSSR count). The lowest BCUT2D eigenvalue weighted by molar-refractivity contribution is -0.304. The summed E-state index contributed by atoms with van der Waals surface area (Å²) < 4.78 is 5.96. The molecule has 2 aromatic rings. The summed E-state index contributed by atoms with van der Waals surface area (Å²) in [6.45, 7) is 6.06. The van der Waals surface area contributed by atoms with Crippen molar-refractivity contribution in [3.63, 3.8) is 0 Å². The van der Waals surface area contributed by atoms with Crippen LogP contribution in [0.5, 0.6) is 0 Å². The van der Waals surface area contributed by atoms with Gasteiger partial charge in [0.25, 0.3) is 5.97 Å². The number of hydrogen-bond acceptors (Lipinski definition) is 4. The highest BCUT2D eigenvalue weighted by molar-refractivity contribution is 7.00. The summed E-state index contributed by atoms with van der Waals surface area (Å²) in [5.41, 5.74) is 0. The van der Waals surface area contributed by atoms with Gasteiger partial charge in [-0.3, -0.25) is 4.79 Å². The fourth-order valence-corrected chi connectivity index (χ4v) is 7.32. The van der Waals surface area contributed by atoms with Crippen LogP contribution in [0, 0.1) is 0 Å². The van der Waals surface area contributed by atoms with Gasteiger partial charge in [0.05, 0.1) is 12.4 Å². The minimum absolute atomic E-state index is 0.378. The van der Waals surface area contributed by atoms with Crippen molar-refractivity contribution in [2.45, 2.75) is 32.2 Å². The zero-order valence-corrected chi connectivity index (χ0v) is 15.1. The molecule has 0 saturated heterocycles. The van der Waals surface area contributed by atoms with Crippen LogP contribution in [0.3, 0.4) is 0 Å². The Bertz CT molecular complexity index is 666. The predicted molar refractivity (Wildman–Crippen MR) is 93.3 cm³/mol. The zero-order chi connectivity index (χ0) is 17.8. The lowest BCUT2D eigenvalue weighted by Crippen LogP contribution is -2.67. The molecule has 24 heavy (non-hydrogen) atoms. The van der Waals surface area contributed by atoms with Crippen LogP contribution in [0.2, 0.25) is 5.04 Å². The highest BCUT2D eigenvalue weighted by Crippen LogP contribution is 2.36. The summed E-state index contributed by atoms with van der Waals surface area (Å²) in [7, 11) is -3.02. The number of carboxylic acid groups (broad SMARTS) is 1. The summed E-state index contributed by atoms with van der Waals surface area (Å²) in [6.07, 6.45) is -0.746. The molecule has 0 aromatic heterocycles. The Morgan fingerprint density at radius 2 is 1.33 bits per heavy atom. The van der Waals surface area contributed by atoms with E-state index in [1.165, 1.54) is 0 Å². The Morgan fingerprint density at radius 3 is 1.67 bits per heavy atom. The second-order valence-electron chi connectivity index (χ2n) is 6.69. The summed E-state index contributed by atoms with van der Waals surface area (Å²) >= 11 is 0. The Balaban J connectivity index is 2.66. The SMILES string of the molecule is CC(C)(C)[Si](OC(=O)CC(=O)[O-])(c1ccccc1)c1ccccc1. The van der Waals surface area contributed by atoms with Crippen molar-refractivity contribution in [3.8, 4) is 0 Å². The minimum Gasteiger partial charge on any atom is -0.550 e. The van der Waals surface area contributed by atoms with Gasteiger partial charge in [-0.25, -0.2) is 0 Å². The molecule has 2 aromatic carbocycles. The van der Waals surface area contributed by atoms with E-state index in [1.807, 2.05) is 81.4 Å². The molecule has 126 valence electrons. The van der Waals surface area contributed by atoms with Crippen molar-refractivity contribution in [1.82, 2.24) is 0 Å². The largest absolute Gasteiger partial charge is 0.550 e. The van der Waals surface area contributed by atoms with Crippen molar-refractivity contribution in [1.29, 1.82) is 0 Å². The van der Waals surface area contributed by atoms with Crippen molar-refractivity contribution in [2.75, 3.05) is 0 Å². The standard InChI is InChI=1S/C19H22O4Si/c1-19(2,3)24(15-10-6-4-7-11-15,16-12-8-5-9-13-16)23-18(22)14-17(20)21/h4-13H,14H2,1-3H3,(H,20,21)/p-1. The van der Waals surface area contributed by atoms with Gasteiger partial charge in [0, 0.05) is 0 Å². The molecule has 0 fully saturated rings. The molecule has 5 heteroatoms. The minimum atomic E-state index is -3.02. The first-order valence-corrected chi connectivity index (χ1v) is 9.71. The number of carbonyl (C=O) groups is 2. The van der Waals surface area contributed by atoms with Crippen molar-refractivity contribution in [2.24, 2.45) is 0 Å². The van der Waals surface area contributed by atoms with E-state index in [0.29, 0.717) is 0 Å². The highest BCUT2D eigenvalue weighted by atomic mass is 28.4. The number of hydrogen-bond donors (Lipinski definition) is 0. The normalized spacial score (nSPS) is 11.8. The van der Waals surface area contributed by atoms with Gasteiger partial charge in [-0.1, -0.05) is 81.4 Å². The molecule has 0 aliphatic heterocycles. The lowest BCUT2D eigenvalue weighted by Gasteiger charge is -2.42. The van der Waals surface area contributed by atoms with Gasteiger partial charge >= 0.3 is 8.32 Å². The van der Waals surface area contributed by atoms with E-state index in [9.17, 15) is 14.7 Å². The smallest absolute Gasteiger partial charge is 0.323 e. The van der Waals surface area contributed by atoms with E-state index in [-0.39, 0.29) is 5.04 Å². The molecule has 0 N–H and O–H groups in total. The molecular formula is C19H21O4Si-. The quantitative estimate of drug-likeness (QED) is 0.606. The Kier molecular flexibility index (Phi) is 5.24. The van der Waals surface area contributed by atoms with E-state index in [4.69, 9.17) is 4.43 Å². The third-order valence-corrected chi connectivity index (χ3v) is 8.91. The summed E-state index contributed by atoms with van der Waals surface area (Å²) in [4.78, 5) is 23.1. The molecule has 0 bridgehead atoms. The van der Waals surface area contributed by atoms with Crippen molar-refractivity contribution < 1.29 is 19.1 Å². The number of rotatable bonds is 5. The molecule has 0 aliphatic carbocycles. The second kappa shape index (κ2) is 7.01. The predicted octanol–water partition coefficient (Wildman–Crippen LogP) is 1.23. The zero-order valence-electron chi connectivity index (χ0n) is 14.1. The fourth-order valence-electron chi connectivity index (χ4n) is 2.97. The number of carbonyl (C=O) groups excluding carboxylic acids is 2. The summed E-state index contributed by atoms with van der Waals surface area (Å²) in [6, 6.07) is 19.2. The van der Waals surface area contributed by atoms with E-state index >= 15 is 0 Å². The maximum absolute atomic E-state index is 12.3. The molecule has 0 spiro atoms. The first kappa shape index (κ1) is 17.9. The van der Waals surface area contributed by atoms with Crippen LogP contribution < -0.4 is 15.5 Å². The molecule has 0 atom stereocenters. The number of aliphatic carboxylic acids is 1. The van der Waals surface area contributed by atoms with Crippen LogP contribution in [0.1, 0.15) is 27.2 Å². The highest BCUT2D eigenvalue weighted by Gasteiger charge is 2.53. The lowest BCUT2D eigenvalue weighted by atomic mass is 10.2. The molecule has 4 nitrogen and oxygen atoms in total. The summed E-state index contributed by atoms with van der Waals surface area (Å²) in [5.74, 6) is -2.19. The van der Waals surface area contributed by atoms with Crippen LogP contribution in [0.15, 0.2) is 60.7 Å². The van der Waals surface area contributed by atoms with Gasteiger partial charge in [0.15, 0.2) is 0 Å². The van der Waals surface area contributed by atoms with Gasteiger partial charge in [-0.05, 0) is 15.4 Å². The first-order valence-electron chi connectivity index (χ1n) is 7.80. The molecule has 0 heterocycles. The molecule has 0 saturated carbocycles.